The van der Waals surface area contributed by atoms with Crippen molar-refractivity contribution in [2.45, 2.75) is 44.7 Å². The molecule has 1 aromatic heterocycles. The normalized spacial score (nSPS) is 12.0. The summed E-state index contributed by atoms with van der Waals surface area (Å²) in [5, 5.41) is 33.1. The van der Waals surface area contributed by atoms with E-state index in [2.05, 4.69) is 30.9 Å². The summed E-state index contributed by atoms with van der Waals surface area (Å²) in [6.07, 6.45) is 1.67. The molecule has 16 heteroatoms. The molecular formula is C20H30N8O8. The first-order chi connectivity index (χ1) is 17.1. The number of unbranched alkanes of at least 4 members (excludes halogenated alkanes) is 1. The molecule has 0 spiro atoms. The standard InChI is InChI=1S/C14H27N5O5.C6H3N3O3/c1-9(18-11(20)5-7-16)13(23)19-10(4-2-3-6-15)14(24)17-8-12(21)22;10-9(11)5-3-1-2-4-6(5)8-12-7-4/h9-10H,2-8,15-16H2,1H3,(H,17,24)(H,18,20)(H,19,23)(H,21,22);1-3H/t9-,10-;/m0./s1. The van der Waals surface area contributed by atoms with E-state index < -0.39 is 41.3 Å². The number of carboxylic acid groups (broad SMARTS) is 1. The van der Waals surface area contributed by atoms with E-state index in [1.807, 2.05) is 0 Å². The van der Waals surface area contributed by atoms with Crippen LogP contribution in [0.15, 0.2) is 22.8 Å². The molecular weight excluding hydrogens is 480 g/mol. The number of non-ortho nitro benzene ring substituents is 1. The van der Waals surface area contributed by atoms with Gasteiger partial charge in [0, 0.05) is 19.0 Å². The molecule has 0 radical (unpaired) electrons. The average molecular weight is 511 g/mol. The minimum Gasteiger partial charge on any atom is -0.480 e. The number of nitrogens with zero attached hydrogens (tertiary/aromatic N) is 3. The van der Waals surface area contributed by atoms with Crippen molar-refractivity contribution >= 4 is 40.4 Å². The van der Waals surface area contributed by atoms with Gasteiger partial charge < -0.3 is 32.5 Å². The molecule has 0 aliphatic heterocycles. The summed E-state index contributed by atoms with van der Waals surface area (Å²) in [6.45, 7) is 1.56. The maximum atomic E-state index is 12.1. The van der Waals surface area contributed by atoms with E-state index in [4.69, 9.17) is 16.6 Å². The van der Waals surface area contributed by atoms with Gasteiger partial charge in [-0.3, -0.25) is 29.3 Å². The van der Waals surface area contributed by atoms with Crippen LogP contribution in [0.25, 0.3) is 11.0 Å². The van der Waals surface area contributed by atoms with Crippen molar-refractivity contribution in [1.82, 2.24) is 26.3 Å². The fourth-order valence-corrected chi connectivity index (χ4v) is 2.79. The SMILES string of the molecule is C[C@H](NC(=O)CCN)C(=O)N[C@@H](CCCCN)C(=O)NCC(=O)O.O=[N+]([O-])c1cccc2nonc12. The van der Waals surface area contributed by atoms with Crippen LogP contribution in [0.2, 0.25) is 0 Å². The number of benzene rings is 1. The highest BCUT2D eigenvalue weighted by Crippen LogP contribution is 2.21. The number of nitro groups is 1. The summed E-state index contributed by atoms with van der Waals surface area (Å²) in [4.78, 5) is 55.9. The molecule has 2 aromatic rings. The number of rotatable bonds is 13. The number of fused-ring (bicyclic) bond motifs is 1. The molecule has 3 amide bonds. The molecule has 2 rings (SSSR count). The first-order valence-corrected chi connectivity index (χ1v) is 11.0. The van der Waals surface area contributed by atoms with Crippen molar-refractivity contribution in [3.63, 3.8) is 0 Å². The highest BCUT2D eigenvalue weighted by molar-refractivity contribution is 5.92. The van der Waals surface area contributed by atoms with Gasteiger partial charge in [0.15, 0.2) is 0 Å². The van der Waals surface area contributed by atoms with E-state index in [1.165, 1.54) is 19.1 Å². The molecule has 198 valence electrons. The van der Waals surface area contributed by atoms with Crippen molar-refractivity contribution in [2.24, 2.45) is 11.5 Å². The lowest BCUT2D eigenvalue weighted by Gasteiger charge is -2.21. The summed E-state index contributed by atoms with van der Waals surface area (Å²) in [5.41, 5.74) is 11.1. The van der Waals surface area contributed by atoms with Crippen molar-refractivity contribution in [1.29, 1.82) is 0 Å². The number of aliphatic carboxylic acids is 1. The Morgan fingerprint density at radius 3 is 2.44 bits per heavy atom. The van der Waals surface area contributed by atoms with Gasteiger partial charge in [0.1, 0.15) is 24.1 Å². The lowest BCUT2D eigenvalue weighted by molar-refractivity contribution is -0.383. The highest BCUT2D eigenvalue weighted by Gasteiger charge is 2.24. The first-order valence-electron chi connectivity index (χ1n) is 11.0. The molecule has 0 bridgehead atoms. The fraction of sp³-hybridized carbons (Fsp3) is 0.500. The molecule has 0 saturated heterocycles. The van der Waals surface area contributed by atoms with E-state index in [1.54, 1.807) is 6.07 Å². The third kappa shape index (κ3) is 10.4. The van der Waals surface area contributed by atoms with Gasteiger partial charge in [-0.2, -0.15) is 0 Å². The van der Waals surface area contributed by atoms with E-state index in [9.17, 15) is 29.3 Å². The van der Waals surface area contributed by atoms with Gasteiger partial charge >= 0.3 is 11.7 Å². The second kappa shape index (κ2) is 15.7. The van der Waals surface area contributed by atoms with Crippen LogP contribution in [0.1, 0.15) is 32.6 Å². The molecule has 1 heterocycles. The zero-order valence-corrected chi connectivity index (χ0v) is 19.6. The second-order valence-electron chi connectivity index (χ2n) is 7.45. The lowest BCUT2D eigenvalue weighted by atomic mass is 10.1. The minimum atomic E-state index is -1.18. The number of aromatic nitrogens is 2. The van der Waals surface area contributed by atoms with Crippen LogP contribution >= 0.6 is 0 Å². The van der Waals surface area contributed by atoms with Crippen LogP contribution < -0.4 is 27.4 Å². The van der Waals surface area contributed by atoms with E-state index >= 15 is 0 Å². The Labute approximate surface area is 205 Å². The van der Waals surface area contributed by atoms with Crippen LogP contribution in [-0.4, -0.2) is 75.8 Å². The monoisotopic (exact) mass is 510 g/mol. The Morgan fingerprint density at radius 2 is 1.83 bits per heavy atom. The van der Waals surface area contributed by atoms with Gasteiger partial charge in [0.05, 0.1) is 4.92 Å². The molecule has 0 aliphatic rings. The summed E-state index contributed by atoms with van der Waals surface area (Å²) in [7, 11) is 0. The molecule has 36 heavy (non-hydrogen) atoms. The van der Waals surface area contributed by atoms with Crippen LogP contribution in [0.3, 0.4) is 0 Å². The summed E-state index contributed by atoms with van der Waals surface area (Å²) < 4.78 is 4.35. The lowest BCUT2D eigenvalue weighted by Crippen LogP contribution is -2.53. The molecule has 0 aliphatic carbocycles. The summed E-state index contributed by atoms with van der Waals surface area (Å²) in [5.74, 6) is -2.68. The summed E-state index contributed by atoms with van der Waals surface area (Å²) >= 11 is 0. The third-order valence-corrected chi connectivity index (χ3v) is 4.60. The van der Waals surface area contributed by atoms with E-state index in [0.29, 0.717) is 31.3 Å². The predicted molar refractivity (Wildman–Crippen MR) is 125 cm³/mol. The van der Waals surface area contributed by atoms with Gasteiger partial charge in [-0.25, -0.2) is 4.63 Å². The Bertz CT molecular complexity index is 1040. The zero-order chi connectivity index (χ0) is 27.1. The number of hydrogen-bond acceptors (Lipinski definition) is 11. The van der Waals surface area contributed by atoms with Crippen molar-refractivity contribution in [3.8, 4) is 0 Å². The quantitative estimate of drug-likeness (QED) is 0.105. The molecule has 1 aromatic carbocycles. The van der Waals surface area contributed by atoms with E-state index in [0.717, 1.165) is 0 Å². The molecule has 8 N–H and O–H groups in total. The van der Waals surface area contributed by atoms with Crippen molar-refractivity contribution in [2.75, 3.05) is 19.6 Å². The predicted octanol–water partition coefficient (Wildman–Crippen LogP) is -1.21. The molecule has 0 saturated carbocycles. The third-order valence-electron chi connectivity index (χ3n) is 4.60. The second-order valence-corrected chi connectivity index (χ2v) is 7.45. The minimum absolute atomic E-state index is 0.0891. The summed E-state index contributed by atoms with van der Waals surface area (Å²) in [6, 6.07) is 2.75. The smallest absolute Gasteiger partial charge is 0.322 e. The maximum absolute atomic E-state index is 12.1. The number of hydrogen-bond donors (Lipinski definition) is 6. The van der Waals surface area contributed by atoms with Crippen LogP contribution in [-0.2, 0) is 19.2 Å². The zero-order valence-electron chi connectivity index (χ0n) is 19.6. The maximum Gasteiger partial charge on any atom is 0.322 e. The fourth-order valence-electron chi connectivity index (χ4n) is 2.79. The van der Waals surface area contributed by atoms with Gasteiger partial charge in [-0.15, -0.1) is 0 Å². The molecule has 16 nitrogen and oxygen atoms in total. The van der Waals surface area contributed by atoms with E-state index in [-0.39, 0.29) is 30.1 Å². The van der Waals surface area contributed by atoms with Gasteiger partial charge in [0.2, 0.25) is 23.2 Å². The number of carbonyl (C=O) groups excluding carboxylic acids is 3. The number of amides is 3. The number of nitrogens with one attached hydrogen (secondary N) is 3. The highest BCUT2D eigenvalue weighted by atomic mass is 16.6. The van der Waals surface area contributed by atoms with Crippen LogP contribution in [0.4, 0.5) is 5.69 Å². The van der Waals surface area contributed by atoms with Gasteiger partial charge in [-0.05, 0) is 49.1 Å². The van der Waals surface area contributed by atoms with Crippen molar-refractivity contribution in [3.05, 3.63) is 28.3 Å². The van der Waals surface area contributed by atoms with Crippen LogP contribution in [0, 0.1) is 10.1 Å². The number of carboxylic acids is 1. The number of nitro benzene ring substituents is 1. The largest absolute Gasteiger partial charge is 0.480 e. The average Bonchev–Trinajstić information content (AvgIpc) is 3.31. The number of nitrogens with two attached hydrogens (primary N) is 2. The Hall–Kier alpha value is -4.18. The molecule has 0 fully saturated rings. The van der Waals surface area contributed by atoms with Crippen LogP contribution in [0.5, 0.6) is 0 Å². The Balaban J connectivity index is 0.000000442. The van der Waals surface area contributed by atoms with Gasteiger partial charge in [-0.1, -0.05) is 6.07 Å². The van der Waals surface area contributed by atoms with Gasteiger partial charge in [0.25, 0.3) is 0 Å². The number of carbonyl (C=O) groups is 4. The molecule has 0 unspecified atom stereocenters. The Kier molecular flexibility index (Phi) is 13.0. The Morgan fingerprint density at radius 1 is 1.11 bits per heavy atom. The topological polar surface area (TPSA) is 259 Å². The van der Waals surface area contributed by atoms with Crippen molar-refractivity contribution < 1.29 is 33.8 Å². The molecule has 2 atom stereocenters. The first kappa shape index (κ1) is 29.9.